The van der Waals surface area contributed by atoms with Gasteiger partial charge < -0.3 is 15.2 Å². The Morgan fingerprint density at radius 3 is 2.37 bits per heavy atom. The van der Waals surface area contributed by atoms with Gasteiger partial charge >= 0.3 is 12.1 Å². The molecule has 1 aliphatic rings. The Morgan fingerprint density at radius 1 is 1.00 bits per heavy atom. The number of hydrogen-bond donors (Lipinski definition) is 3. The van der Waals surface area contributed by atoms with Gasteiger partial charge in [-0.1, -0.05) is 59.9 Å². The lowest BCUT2D eigenvalue weighted by Gasteiger charge is -2.14. The largest absolute Gasteiger partial charge is 0.480 e. The first kappa shape index (κ1) is 22.3. The molecule has 176 valence electrons. The average Bonchev–Trinajstić information content (AvgIpc) is 3.55. The number of benzene rings is 2. The fourth-order valence-corrected chi connectivity index (χ4v) is 4.70. The van der Waals surface area contributed by atoms with E-state index in [0.29, 0.717) is 5.69 Å². The summed E-state index contributed by atoms with van der Waals surface area (Å²) in [5.74, 6) is -1.57. The summed E-state index contributed by atoms with van der Waals surface area (Å²) in [5.41, 5.74) is 4.85. The first-order chi connectivity index (χ1) is 17.0. The highest BCUT2D eigenvalue weighted by Gasteiger charge is 2.29. The van der Waals surface area contributed by atoms with Crippen molar-refractivity contribution < 1.29 is 24.2 Å². The zero-order valence-corrected chi connectivity index (χ0v) is 19.0. The highest BCUT2D eigenvalue weighted by molar-refractivity contribution is 7.17. The fraction of sp³-hybridized carbons (Fsp3) is 0.125. The summed E-state index contributed by atoms with van der Waals surface area (Å²) in [5, 5.41) is 18.1. The van der Waals surface area contributed by atoms with E-state index >= 15 is 0 Å². The van der Waals surface area contributed by atoms with Gasteiger partial charge in [0.1, 0.15) is 18.0 Å². The Hall–Kier alpha value is -4.51. The second-order valence-electron chi connectivity index (χ2n) is 7.75. The van der Waals surface area contributed by atoms with E-state index in [2.05, 4.69) is 32.8 Å². The van der Waals surface area contributed by atoms with E-state index in [0.717, 1.165) is 33.6 Å². The lowest BCUT2D eigenvalue weighted by Crippen LogP contribution is -2.17. The van der Waals surface area contributed by atoms with Crippen LogP contribution in [0, 0.1) is 0 Å². The van der Waals surface area contributed by atoms with Crippen LogP contribution in [0.1, 0.15) is 26.7 Å². The number of aromatic nitrogens is 3. The average molecular weight is 490 g/mol. The summed E-state index contributed by atoms with van der Waals surface area (Å²) in [7, 11) is 0. The van der Waals surface area contributed by atoms with Crippen molar-refractivity contribution in [1.29, 1.82) is 0 Å². The van der Waals surface area contributed by atoms with Crippen LogP contribution in [0.3, 0.4) is 0 Å². The van der Waals surface area contributed by atoms with Gasteiger partial charge in [0.05, 0.1) is 18.1 Å². The molecular formula is C24H19N5O5S. The summed E-state index contributed by atoms with van der Waals surface area (Å²) in [6.07, 6.45) is 3.42. The van der Waals surface area contributed by atoms with Crippen molar-refractivity contribution in [2.75, 3.05) is 17.2 Å². The SMILES string of the molecule is O=C(O)Cn1cc(NC(=O)c2cnc(NC(=O)OCC3c4ccccc4-c4ccccc43)s2)cn1. The molecule has 2 amide bonds. The lowest BCUT2D eigenvalue weighted by atomic mass is 9.98. The van der Waals surface area contributed by atoms with E-state index in [1.165, 1.54) is 23.3 Å². The molecule has 11 heteroatoms. The van der Waals surface area contributed by atoms with Crippen LogP contribution < -0.4 is 10.6 Å². The van der Waals surface area contributed by atoms with Crippen molar-refractivity contribution in [2.24, 2.45) is 0 Å². The Bertz CT molecular complexity index is 1380. The normalized spacial score (nSPS) is 12.0. The maximum atomic E-state index is 12.4. The smallest absolute Gasteiger partial charge is 0.413 e. The van der Waals surface area contributed by atoms with Gasteiger partial charge in [-0.3, -0.25) is 19.6 Å². The first-order valence-electron chi connectivity index (χ1n) is 10.6. The van der Waals surface area contributed by atoms with Crippen LogP contribution in [0.25, 0.3) is 11.1 Å². The van der Waals surface area contributed by atoms with E-state index < -0.39 is 18.0 Å². The number of carboxylic acid groups (broad SMARTS) is 1. The highest BCUT2D eigenvalue weighted by Crippen LogP contribution is 2.44. The summed E-state index contributed by atoms with van der Waals surface area (Å²) < 4.78 is 6.69. The molecule has 35 heavy (non-hydrogen) atoms. The molecule has 1 aliphatic carbocycles. The van der Waals surface area contributed by atoms with Crippen LogP contribution >= 0.6 is 11.3 Å². The molecule has 2 heterocycles. The number of nitrogens with zero attached hydrogens (tertiary/aromatic N) is 3. The highest BCUT2D eigenvalue weighted by atomic mass is 32.1. The molecular weight excluding hydrogens is 470 g/mol. The molecule has 0 aliphatic heterocycles. The Kier molecular flexibility index (Phi) is 5.98. The Labute approximate surface area is 203 Å². The van der Waals surface area contributed by atoms with E-state index in [9.17, 15) is 14.4 Å². The van der Waals surface area contributed by atoms with E-state index in [4.69, 9.17) is 9.84 Å². The van der Waals surface area contributed by atoms with Gasteiger partial charge in [-0.15, -0.1) is 0 Å². The number of amides is 2. The molecule has 0 unspecified atom stereocenters. The number of ether oxygens (including phenoxy) is 1. The van der Waals surface area contributed by atoms with Crippen molar-refractivity contribution in [1.82, 2.24) is 14.8 Å². The number of fused-ring (bicyclic) bond motifs is 3. The summed E-state index contributed by atoms with van der Waals surface area (Å²) in [6.45, 7) is -0.149. The minimum atomic E-state index is -1.04. The molecule has 4 aromatic rings. The van der Waals surface area contributed by atoms with Gasteiger partial charge in [-0.05, 0) is 22.3 Å². The number of carboxylic acids is 1. The first-order valence-corrected chi connectivity index (χ1v) is 11.4. The molecule has 0 atom stereocenters. The van der Waals surface area contributed by atoms with Crippen molar-refractivity contribution in [2.45, 2.75) is 12.5 Å². The molecule has 3 N–H and O–H groups in total. The van der Waals surface area contributed by atoms with Crippen LogP contribution in [0.4, 0.5) is 15.6 Å². The Morgan fingerprint density at radius 2 is 1.69 bits per heavy atom. The molecule has 0 radical (unpaired) electrons. The monoisotopic (exact) mass is 489 g/mol. The van der Waals surface area contributed by atoms with Gasteiger partial charge in [-0.25, -0.2) is 9.78 Å². The van der Waals surface area contributed by atoms with Crippen molar-refractivity contribution in [3.05, 3.63) is 83.1 Å². The topological polar surface area (TPSA) is 135 Å². The Balaban J connectivity index is 1.18. The van der Waals surface area contributed by atoms with Gasteiger partial charge in [0.2, 0.25) is 0 Å². The third kappa shape index (κ3) is 4.75. The molecule has 0 fully saturated rings. The van der Waals surface area contributed by atoms with Crippen LogP contribution in [-0.4, -0.2) is 44.4 Å². The van der Waals surface area contributed by atoms with Crippen molar-refractivity contribution in [3.8, 4) is 11.1 Å². The van der Waals surface area contributed by atoms with Crippen LogP contribution in [0.5, 0.6) is 0 Å². The zero-order valence-electron chi connectivity index (χ0n) is 18.2. The number of nitrogens with one attached hydrogen (secondary N) is 2. The van der Waals surface area contributed by atoms with Crippen molar-refractivity contribution >= 4 is 40.1 Å². The summed E-state index contributed by atoms with van der Waals surface area (Å²) in [6, 6.07) is 16.1. The van der Waals surface area contributed by atoms with Crippen LogP contribution in [-0.2, 0) is 16.1 Å². The summed E-state index contributed by atoms with van der Waals surface area (Å²) in [4.78, 5) is 39.9. The maximum Gasteiger partial charge on any atom is 0.413 e. The van der Waals surface area contributed by atoms with E-state index in [1.807, 2.05) is 36.4 Å². The molecule has 0 bridgehead atoms. The van der Waals surface area contributed by atoms with Crippen LogP contribution in [0.15, 0.2) is 67.1 Å². The van der Waals surface area contributed by atoms with Crippen LogP contribution in [0.2, 0.25) is 0 Å². The molecule has 10 nitrogen and oxygen atoms in total. The molecule has 2 aromatic carbocycles. The number of anilines is 2. The number of rotatable bonds is 7. The predicted octanol–water partition coefficient (Wildman–Crippen LogP) is 4.04. The zero-order chi connectivity index (χ0) is 24.4. The number of carbonyl (C=O) groups is 3. The van der Waals surface area contributed by atoms with Gasteiger partial charge in [0, 0.05) is 12.1 Å². The van der Waals surface area contributed by atoms with Gasteiger partial charge in [0.25, 0.3) is 5.91 Å². The standard InChI is InChI=1S/C24H19N5O5S/c30-21(31)12-29-11-14(9-26-29)27-22(32)20-10-25-23(35-20)28-24(33)34-13-19-17-7-3-1-5-15(17)16-6-2-4-8-18(16)19/h1-11,19H,12-13H2,(H,27,32)(H,30,31)(H,25,28,33). The minimum absolute atomic E-state index is 0.0622. The van der Waals surface area contributed by atoms with Gasteiger partial charge in [0.15, 0.2) is 5.13 Å². The third-order valence-electron chi connectivity index (χ3n) is 5.47. The van der Waals surface area contributed by atoms with E-state index in [1.54, 1.807) is 0 Å². The van der Waals surface area contributed by atoms with Gasteiger partial charge in [-0.2, -0.15) is 5.10 Å². The molecule has 5 rings (SSSR count). The molecule has 0 saturated heterocycles. The fourth-order valence-electron chi connectivity index (χ4n) is 4.00. The number of carbonyl (C=O) groups excluding carboxylic acids is 2. The molecule has 2 aromatic heterocycles. The second kappa shape index (κ2) is 9.39. The maximum absolute atomic E-state index is 12.4. The number of hydrogen-bond acceptors (Lipinski definition) is 7. The predicted molar refractivity (Wildman–Crippen MR) is 129 cm³/mol. The minimum Gasteiger partial charge on any atom is -0.480 e. The molecule has 0 saturated carbocycles. The summed E-state index contributed by atoms with van der Waals surface area (Å²) >= 11 is 0.985. The van der Waals surface area contributed by atoms with E-state index in [-0.39, 0.29) is 29.1 Å². The number of thiazole rings is 1. The third-order valence-corrected chi connectivity index (χ3v) is 6.38. The quantitative estimate of drug-likeness (QED) is 0.356. The lowest BCUT2D eigenvalue weighted by molar-refractivity contribution is -0.137. The second-order valence-corrected chi connectivity index (χ2v) is 8.79. The number of aliphatic carboxylic acids is 1. The van der Waals surface area contributed by atoms with Crippen molar-refractivity contribution in [3.63, 3.8) is 0 Å². The molecule has 0 spiro atoms.